The molecule has 0 bridgehead atoms. The summed E-state index contributed by atoms with van der Waals surface area (Å²) in [6, 6.07) is 0. The molecule has 0 saturated heterocycles. The van der Waals surface area contributed by atoms with Gasteiger partial charge in [0.15, 0.2) is 0 Å². The van der Waals surface area contributed by atoms with Crippen LogP contribution in [0.15, 0.2) is 10.6 Å². The Balaban J connectivity index is 2.02. The van der Waals surface area contributed by atoms with Crippen molar-refractivity contribution >= 4 is 17.7 Å². The predicted octanol–water partition coefficient (Wildman–Crippen LogP) is 1.57. The summed E-state index contributed by atoms with van der Waals surface area (Å²) >= 11 is 1.39. The first-order valence-corrected chi connectivity index (χ1v) is 7.17. The molecule has 0 aromatic rings. The molecule has 0 spiro atoms. The Labute approximate surface area is 107 Å². The number of hydrogen-bond donors (Lipinski definition) is 2. The van der Waals surface area contributed by atoms with E-state index in [1.54, 1.807) is 0 Å². The smallest absolute Gasteiger partial charge is 0.257 e. The van der Waals surface area contributed by atoms with Gasteiger partial charge in [-0.3, -0.25) is 4.79 Å². The number of thioether (sulfide) groups is 1. The van der Waals surface area contributed by atoms with Crippen LogP contribution in [0.3, 0.4) is 0 Å². The van der Waals surface area contributed by atoms with E-state index in [9.17, 15) is 4.79 Å². The van der Waals surface area contributed by atoms with Gasteiger partial charge in [0.05, 0.1) is 4.91 Å². The fourth-order valence-corrected chi connectivity index (χ4v) is 3.73. The predicted molar refractivity (Wildman–Crippen MR) is 70.7 cm³/mol. The third-order valence-electron chi connectivity index (χ3n) is 3.71. The normalized spacial score (nSPS) is 26.7. The Morgan fingerprint density at radius 1 is 1.41 bits per heavy atom. The van der Waals surface area contributed by atoms with E-state index in [1.807, 2.05) is 6.92 Å². The van der Waals surface area contributed by atoms with E-state index < -0.39 is 0 Å². The zero-order valence-electron chi connectivity index (χ0n) is 10.3. The summed E-state index contributed by atoms with van der Waals surface area (Å²) in [4.78, 5) is 14.0. The van der Waals surface area contributed by atoms with Crippen molar-refractivity contribution in [2.75, 3.05) is 6.54 Å². The Morgan fingerprint density at radius 3 is 2.59 bits per heavy atom. The van der Waals surface area contributed by atoms with Gasteiger partial charge in [-0.05, 0) is 25.7 Å². The molecule has 2 aliphatic rings. The van der Waals surface area contributed by atoms with Gasteiger partial charge >= 0.3 is 0 Å². The first-order valence-electron chi connectivity index (χ1n) is 6.29. The van der Waals surface area contributed by atoms with Crippen molar-refractivity contribution in [2.24, 2.45) is 17.4 Å². The highest BCUT2D eigenvalue weighted by Crippen LogP contribution is 2.37. The molecule has 1 atom stereocenters. The summed E-state index contributed by atoms with van der Waals surface area (Å²) in [6.45, 7) is 2.92. The van der Waals surface area contributed by atoms with Crippen molar-refractivity contribution in [3.63, 3.8) is 0 Å². The van der Waals surface area contributed by atoms with Gasteiger partial charge in [-0.2, -0.15) is 0 Å². The molecule has 1 unspecified atom stereocenters. The minimum atomic E-state index is -0.353. The Hall–Kier alpha value is -0.680. The van der Waals surface area contributed by atoms with E-state index >= 15 is 0 Å². The highest BCUT2D eigenvalue weighted by molar-refractivity contribution is 8.04. The molecule has 1 heterocycles. The quantitative estimate of drug-likeness (QED) is 0.803. The molecule has 1 fully saturated rings. The number of carbonyl (C=O) groups is 1. The van der Waals surface area contributed by atoms with E-state index in [0.717, 1.165) is 18.2 Å². The summed E-state index contributed by atoms with van der Waals surface area (Å²) in [6.07, 6.45) is 6.58. The molecular formula is C12H21N3OS. The molecule has 4 nitrogen and oxygen atoms in total. The van der Waals surface area contributed by atoms with Crippen molar-refractivity contribution in [1.29, 1.82) is 0 Å². The van der Waals surface area contributed by atoms with Gasteiger partial charge in [0.1, 0.15) is 5.50 Å². The molecule has 1 amide bonds. The summed E-state index contributed by atoms with van der Waals surface area (Å²) in [5.41, 5.74) is 12.2. The number of allylic oxidation sites excluding steroid dienone is 1. The van der Waals surface area contributed by atoms with Gasteiger partial charge < -0.3 is 16.4 Å². The van der Waals surface area contributed by atoms with E-state index in [1.165, 1.54) is 43.9 Å². The van der Waals surface area contributed by atoms with E-state index in [2.05, 4.69) is 4.90 Å². The highest BCUT2D eigenvalue weighted by atomic mass is 32.2. The average molecular weight is 255 g/mol. The monoisotopic (exact) mass is 255 g/mol. The molecule has 2 rings (SSSR count). The van der Waals surface area contributed by atoms with Crippen LogP contribution in [0, 0.1) is 5.92 Å². The van der Waals surface area contributed by atoms with Crippen LogP contribution in [0.1, 0.15) is 39.0 Å². The molecule has 4 N–H and O–H groups in total. The van der Waals surface area contributed by atoms with Crippen LogP contribution in [-0.2, 0) is 4.79 Å². The number of primary amides is 1. The molecule has 0 aromatic carbocycles. The lowest BCUT2D eigenvalue weighted by atomic mass is 9.89. The first-order chi connectivity index (χ1) is 8.09. The molecule has 5 heteroatoms. The first kappa shape index (κ1) is 12.8. The van der Waals surface area contributed by atoms with E-state index in [4.69, 9.17) is 11.5 Å². The van der Waals surface area contributed by atoms with Crippen LogP contribution < -0.4 is 11.5 Å². The standard InChI is InChI=1S/C12H21N3OS/c1-8-10(11(13)16)17-12(14)15(8)7-9-5-3-2-4-6-9/h9,12H,2-7,14H2,1H3,(H2,13,16). The lowest BCUT2D eigenvalue weighted by Crippen LogP contribution is -2.38. The fourth-order valence-electron chi connectivity index (χ4n) is 2.72. The number of carbonyl (C=O) groups excluding carboxylic acids is 1. The van der Waals surface area contributed by atoms with Crippen LogP contribution in [-0.4, -0.2) is 22.8 Å². The van der Waals surface area contributed by atoms with Crippen LogP contribution in [0.5, 0.6) is 0 Å². The van der Waals surface area contributed by atoms with Crippen molar-refractivity contribution in [2.45, 2.75) is 44.5 Å². The number of nitrogens with two attached hydrogens (primary N) is 2. The largest absolute Gasteiger partial charge is 0.365 e. The lowest BCUT2D eigenvalue weighted by Gasteiger charge is -2.31. The Morgan fingerprint density at radius 2 is 2.06 bits per heavy atom. The van der Waals surface area contributed by atoms with Gasteiger partial charge in [-0.15, -0.1) is 0 Å². The van der Waals surface area contributed by atoms with Crippen molar-refractivity contribution in [3.8, 4) is 0 Å². The van der Waals surface area contributed by atoms with Crippen LogP contribution >= 0.6 is 11.8 Å². The molecular weight excluding hydrogens is 234 g/mol. The van der Waals surface area contributed by atoms with Crippen molar-refractivity contribution < 1.29 is 4.79 Å². The number of rotatable bonds is 3. The maximum absolute atomic E-state index is 11.3. The highest BCUT2D eigenvalue weighted by Gasteiger charge is 2.31. The number of hydrogen-bond acceptors (Lipinski definition) is 4. The van der Waals surface area contributed by atoms with Gasteiger partial charge in [0, 0.05) is 12.2 Å². The van der Waals surface area contributed by atoms with Gasteiger partial charge in [0.25, 0.3) is 5.91 Å². The van der Waals surface area contributed by atoms with Gasteiger partial charge in [-0.1, -0.05) is 31.0 Å². The number of amides is 1. The molecule has 1 aliphatic heterocycles. The molecule has 1 saturated carbocycles. The second-order valence-electron chi connectivity index (χ2n) is 4.94. The van der Waals surface area contributed by atoms with Crippen LogP contribution in [0.4, 0.5) is 0 Å². The fraction of sp³-hybridized carbons (Fsp3) is 0.750. The van der Waals surface area contributed by atoms with E-state index in [0.29, 0.717) is 4.91 Å². The molecule has 17 heavy (non-hydrogen) atoms. The maximum atomic E-state index is 11.3. The zero-order valence-corrected chi connectivity index (χ0v) is 11.1. The van der Waals surface area contributed by atoms with Crippen LogP contribution in [0.2, 0.25) is 0 Å². The Bertz CT molecular complexity index is 337. The topological polar surface area (TPSA) is 72.3 Å². The van der Waals surface area contributed by atoms with Crippen molar-refractivity contribution in [3.05, 3.63) is 10.6 Å². The second-order valence-corrected chi connectivity index (χ2v) is 6.07. The van der Waals surface area contributed by atoms with Gasteiger partial charge in [0.2, 0.25) is 0 Å². The van der Waals surface area contributed by atoms with Crippen LogP contribution in [0.25, 0.3) is 0 Å². The third-order valence-corrected chi connectivity index (χ3v) is 4.94. The molecule has 1 aliphatic carbocycles. The average Bonchev–Trinajstić information content (AvgIpc) is 2.58. The minimum Gasteiger partial charge on any atom is -0.365 e. The maximum Gasteiger partial charge on any atom is 0.257 e. The lowest BCUT2D eigenvalue weighted by molar-refractivity contribution is -0.114. The minimum absolute atomic E-state index is 0.139. The third kappa shape index (κ3) is 2.77. The summed E-state index contributed by atoms with van der Waals surface area (Å²) in [7, 11) is 0. The second kappa shape index (κ2) is 5.31. The number of nitrogens with zero attached hydrogens (tertiary/aromatic N) is 1. The zero-order chi connectivity index (χ0) is 12.4. The molecule has 0 aromatic heterocycles. The summed E-state index contributed by atoms with van der Waals surface area (Å²) < 4.78 is 0. The summed E-state index contributed by atoms with van der Waals surface area (Å²) in [5.74, 6) is 0.367. The van der Waals surface area contributed by atoms with E-state index in [-0.39, 0.29) is 11.4 Å². The molecule has 96 valence electrons. The van der Waals surface area contributed by atoms with Gasteiger partial charge in [-0.25, -0.2) is 0 Å². The Kier molecular flexibility index (Phi) is 3.99. The summed E-state index contributed by atoms with van der Waals surface area (Å²) in [5, 5.41) is 0. The van der Waals surface area contributed by atoms with Crippen molar-refractivity contribution in [1.82, 2.24) is 4.90 Å². The molecule has 0 radical (unpaired) electrons. The SMILES string of the molecule is CC1=C(C(N)=O)SC(N)N1CC1CCCCC1.